The summed E-state index contributed by atoms with van der Waals surface area (Å²) in [6, 6.07) is 4.30. The number of rotatable bonds is 14. The zero-order valence-electron chi connectivity index (χ0n) is 29.6. The smallest absolute Gasteiger partial charge is 0.289 e. The van der Waals surface area contributed by atoms with E-state index in [4.69, 9.17) is 16.4 Å². The van der Waals surface area contributed by atoms with E-state index in [0.29, 0.717) is 35.2 Å². The summed E-state index contributed by atoms with van der Waals surface area (Å²) < 4.78 is -0.183. The first kappa shape index (κ1) is 38.1. The van der Waals surface area contributed by atoms with Gasteiger partial charge in [0.15, 0.2) is 0 Å². The van der Waals surface area contributed by atoms with Crippen molar-refractivity contribution in [3.8, 4) is 0 Å². The zero-order chi connectivity index (χ0) is 36.1. The number of benzene rings is 1. The van der Waals surface area contributed by atoms with Gasteiger partial charge in [0.2, 0.25) is 23.5 Å². The molecule has 5 rings (SSSR count). The Morgan fingerprint density at radius 2 is 1.80 bits per heavy atom. The summed E-state index contributed by atoms with van der Waals surface area (Å²) >= 11 is 7.83. The van der Waals surface area contributed by atoms with Crippen molar-refractivity contribution in [2.75, 3.05) is 12.3 Å². The number of nitrogens with zero attached hydrogens (tertiary/aromatic N) is 1. The van der Waals surface area contributed by atoms with Gasteiger partial charge in [0.25, 0.3) is 5.91 Å². The Balaban J connectivity index is 1.41. The number of carbonyl (C=O) groups excluding carboxylic acids is 5. The quantitative estimate of drug-likeness (QED) is 0.202. The molecule has 0 unspecified atom stereocenters. The molecule has 0 radical (unpaired) electrons. The lowest BCUT2D eigenvalue weighted by molar-refractivity contribution is -0.143. The van der Waals surface area contributed by atoms with E-state index in [1.807, 2.05) is 25.1 Å². The van der Waals surface area contributed by atoms with Gasteiger partial charge in [-0.05, 0) is 56.2 Å². The van der Waals surface area contributed by atoms with Crippen LogP contribution < -0.4 is 21.4 Å². The third-order valence-corrected chi connectivity index (χ3v) is 11.3. The fourth-order valence-corrected chi connectivity index (χ4v) is 7.99. The third-order valence-electron chi connectivity index (χ3n) is 9.71. The summed E-state index contributed by atoms with van der Waals surface area (Å²) in [5.41, 5.74) is 3.33. The molecule has 50 heavy (non-hydrogen) atoms. The van der Waals surface area contributed by atoms with E-state index in [2.05, 4.69) is 42.2 Å². The molecule has 4 N–H and O–H groups in total. The number of hydrogen-bond donors (Lipinski definition) is 4. The highest BCUT2D eigenvalue weighted by molar-refractivity contribution is 8.00. The lowest BCUT2D eigenvalue weighted by atomic mass is 9.87. The van der Waals surface area contributed by atoms with Crippen molar-refractivity contribution in [3.05, 3.63) is 40.9 Å². The number of thioether (sulfide) groups is 1. The van der Waals surface area contributed by atoms with Crippen LogP contribution in [0, 0.1) is 5.92 Å². The fourth-order valence-electron chi connectivity index (χ4n) is 6.90. The fraction of sp³-hybridized carbons (Fsp3) is 0.649. The molecule has 3 fully saturated rings. The van der Waals surface area contributed by atoms with Crippen LogP contribution in [-0.4, -0.2) is 81.1 Å². The van der Waals surface area contributed by atoms with E-state index in [1.54, 1.807) is 23.9 Å². The third kappa shape index (κ3) is 10.3. The lowest BCUT2D eigenvalue weighted by Gasteiger charge is -2.31. The molecule has 13 heteroatoms. The molecule has 11 nitrogen and oxygen atoms in total. The van der Waals surface area contributed by atoms with Crippen LogP contribution in [0.2, 0.25) is 5.02 Å². The molecular weight excluding hydrogens is 678 g/mol. The number of ketones is 1. The van der Waals surface area contributed by atoms with Gasteiger partial charge < -0.3 is 20.9 Å². The first-order valence-corrected chi connectivity index (χ1v) is 19.4. The Labute approximate surface area is 304 Å². The second kappa shape index (κ2) is 16.5. The number of hydroxylamine groups is 1. The molecule has 0 aromatic heterocycles. The van der Waals surface area contributed by atoms with E-state index in [0.717, 1.165) is 44.1 Å². The maximum Gasteiger partial charge on any atom is 0.289 e. The van der Waals surface area contributed by atoms with Crippen LogP contribution in [0.4, 0.5) is 0 Å². The van der Waals surface area contributed by atoms with Crippen molar-refractivity contribution in [1.29, 1.82) is 0 Å². The topological polar surface area (TPSA) is 146 Å². The average molecular weight is 730 g/mol. The van der Waals surface area contributed by atoms with Crippen LogP contribution in [0.3, 0.4) is 0 Å². The molecule has 2 aliphatic carbocycles. The normalized spacial score (nSPS) is 23.5. The van der Waals surface area contributed by atoms with Gasteiger partial charge in [0, 0.05) is 40.0 Å². The molecular formula is C37H52ClN5O6S. The number of hydrogen-bond acceptors (Lipinski definition) is 8. The van der Waals surface area contributed by atoms with Crippen LogP contribution in [0.25, 0.3) is 5.70 Å². The predicted molar refractivity (Wildman–Crippen MR) is 195 cm³/mol. The minimum atomic E-state index is -1.07. The van der Waals surface area contributed by atoms with Crippen molar-refractivity contribution in [2.45, 2.75) is 133 Å². The molecule has 1 aromatic carbocycles. The van der Waals surface area contributed by atoms with Gasteiger partial charge >= 0.3 is 0 Å². The molecule has 4 atom stereocenters. The Morgan fingerprint density at radius 1 is 1.06 bits per heavy atom. The van der Waals surface area contributed by atoms with Crippen molar-refractivity contribution in [2.24, 2.45) is 5.92 Å². The first-order chi connectivity index (χ1) is 23.8. The average Bonchev–Trinajstić information content (AvgIpc) is 3.67. The molecule has 1 aromatic rings. The van der Waals surface area contributed by atoms with Gasteiger partial charge in [0.1, 0.15) is 17.7 Å². The van der Waals surface area contributed by atoms with Gasteiger partial charge in [-0.3, -0.25) is 34.3 Å². The lowest BCUT2D eigenvalue weighted by Crippen LogP contribution is -2.57. The summed E-state index contributed by atoms with van der Waals surface area (Å²) in [6.07, 6.45) is 10.2. The molecule has 4 aliphatic rings. The Morgan fingerprint density at radius 3 is 2.46 bits per heavy atom. The van der Waals surface area contributed by atoms with Crippen LogP contribution >= 0.6 is 23.4 Å². The number of carbonyl (C=O) groups is 5. The Hall–Kier alpha value is -3.09. The molecule has 2 aliphatic heterocycles. The monoisotopic (exact) mass is 729 g/mol. The van der Waals surface area contributed by atoms with Gasteiger partial charge in [0.05, 0.1) is 18.3 Å². The summed E-state index contributed by atoms with van der Waals surface area (Å²) in [5.74, 6) is -1.91. The number of Topliss-reactive ketones (excluding diaryl/α,β-unsaturated/α-hetero) is 1. The van der Waals surface area contributed by atoms with Crippen LogP contribution in [-0.2, 0) is 28.8 Å². The number of likely N-dealkylation sites (tertiary alicyclic amines) is 1. The minimum absolute atomic E-state index is 0.00375. The van der Waals surface area contributed by atoms with Gasteiger partial charge in [-0.25, -0.2) is 0 Å². The van der Waals surface area contributed by atoms with E-state index in [1.165, 1.54) is 11.3 Å². The van der Waals surface area contributed by atoms with Crippen LogP contribution in [0.5, 0.6) is 0 Å². The molecule has 2 saturated carbocycles. The van der Waals surface area contributed by atoms with E-state index >= 15 is 0 Å². The second-order valence-electron chi connectivity index (χ2n) is 15.2. The van der Waals surface area contributed by atoms with Gasteiger partial charge in [-0.1, -0.05) is 77.1 Å². The molecule has 1 spiro atoms. The highest BCUT2D eigenvalue weighted by Crippen LogP contribution is 2.39. The molecule has 1 saturated heterocycles. The van der Waals surface area contributed by atoms with E-state index in [9.17, 15) is 24.0 Å². The highest BCUT2D eigenvalue weighted by atomic mass is 35.5. The van der Waals surface area contributed by atoms with E-state index < -0.39 is 47.2 Å². The summed E-state index contributed by atoms with van der Waals surface area (Å²) in [7, 11) is 0. The zero-order valence-corrected chi connectivity index (χ0v) is 31.2. The minimum Gasteiger partial charge on any atom is -0.347 e. The van der Waals surface area contributed by atoms with Crippen LogP contribution in [0.1, 0.15) is 104 Å². The standard InChI is InChI=1S/C37H52ClN5O6S/c1-5-10-27(32(45)34(47)39-26-15-16-26)41-33(46)30-20-37(19-28(42-49-37)24-13-9-14-25(38)18-24)22-43(30)35(48)29(21-50-36(2,3)4)40-31(44)17-23-11-7-6-8-12-23/h9,13-14,18-19,23,26-27,29-30,42H,5-8,10-12,15-17,20-22H2,1-4H3,(H,39,47)(H,40,44)(H,41,46)/t27-,29-,30-,37+/m0/s1. The molecule has 4 amide bonds. The highest BCUT2D eigenvalue weighted by Gasteiger charge is 2.53. The van der Waals surface area contributed by atoms with Crippen molar-refractivity contribution >= 4 is 58.5 Å². The second-order valence-corrected chi connectivity index (χ2v) is 17.5. The molecule has 0 bridgehead atoms. The van der Waals surface area contributed by atoms with Gasteiger partial charge in [-0.2, -0.15) is 11.8 Å². The largest absolute Gasteiger partial charge is 0.347 e. The summed E-state index contributed by atoms with van der Waals surface area (Å²) in [5, 5.41) is 9.12. The first-order valence-electron chi connectivity index (χ1n) is 18.1. The van der Waals surface area contributed by atoms with Crippen molar-refractivity contribution in [1.82, 2.24) is 26.3 Å². The summed E-state index contributed by atoms with van der Waals surface area (Å²) in [6.45, 7) is 8.06. The van der Waals surface area contributed by atoms with Crippen molar-refractivity contribution < 1.29 is 28.8 Å². The SMILES string of the molecule is CCC[C@H](NC(=O)[C@@H]1C[C@]2(C=C(c3cccc(Cl)c3)NO2)CN1C(=O)[C@H](CSC(C)(C)C)NC(=O)CC1CCCCC1)C(=O)C(=O)NC1CC1. The predicted octanol–water partition coefficient (Wildman–Crippen LogP) is 4.67. The number of nitrogens with one attached hydrogen (secondary N) is 4. The van der Waals surface area contributed by atoms with E-state index in [-0.39, 0.29) is 36.1 Å². The van der Waals surface area contributed by atoms with Gasteiger partial charge in [-0.15, -0.1) is 0 Å². The summed E-state index contributed by atoms with van der Waals surface area (Å²) in [4.78, 5) is 75.7. The van der Waals surface area contributed by atoms with Crippen LogP contribution in [0.15, 0.2) is 30.3 Å². The number of halogens is 1. The Bertz CT molecular complexity index is 1470. The maximum atomic E-state index is 14.6. The number of amides is 4. The van der Waals surface area contributed by atoms with Crippen molar-refractivity contribution in [3.63, 3.8) is 0 Å². The molecule has 2 heterocycles. The molecule has 274 valence electrons. The Kier molecular flexibility index (Phi) is 12.6. The maximum absolute atomic E-state index is 14.6.